The number of carbonyl (C=O) groups excluding carboxylic acids is 3. The number of amides is 2. The Hall–Kier alpha value is -3.75. The van der Waals surface area contributed by atoms with E-state index in [-0.39, 0.29) is 17.9 Å². The van der Waals surface area contributed by atoms with E-state index >= 15 is 0 Å². The van der Waals surface area contributed by atoms with Gasteiger partial charge in [0.05, 0.1) is 13.7 Å². The van der Waals surface area contributed by atoms with Gasteiger partial charge in [-0.3, -0.25) is 9.59 Å². The largest absolute Gasteiger partial charge is 0.508 e. The van der Waals surface area contributed by atoms with Crippen molar-refractivity contribution >= 4 is 23.5 Å². The van der Waals surface area contributed by atoms with Crippen molar-refractivity contribution in [2.45, 2.75) is 0 Å². The average Bonchev–Trinajstić information content (AvgIpc) is 2.65. The number of hydrogen-bond acceptors (Lipinski definition) is 7. The van der Waals surface area contributed by atoms with Crippen molar-refractivity contribution < 1.29 is 34.1 Å². The van der Waals surface area contributed by atoms with Crippen LogP contribution in [-0.4, -0.2) is 60.2 Å². The maximum absolute atomic E-state index is 12.1. The second kappa shape index (κ2) is 9.26. The Morgan fingerprint density at radius 2 is 1.86 bits per heavy atom. The highest BCUT2D eigenvalue weighted by Gasteiger charge is 2.18. The van der Waals surface area contributed by atoms with E-state index in [2.05, 4.69) is 5.32 Å². The number of carbonyl (C=O) groups is 3. The molecule has 0 atom stereocenters. The Kier molecular flexibility index (Phi) is 6.80. The van der Waals surface area contributed by atoms with Gasteiger partial charge in [-0.25, -0.2) is 4.79 Å². The van der Waals surface area contributed by atoms with E-state index in [1.165, 1.54) is 26.3 Å². The van der Waals surface area contributed by atoms with Gasteiger partial charge in [-0.1, -0.05) is 6.07 Å². The predicted molar refractivity (Wildman–Crippen MR) is 99.3 cm³/mol. The Morgan fingerprint density at radius 1 is 1.11 bits per heavy atom. The molecule has 0 saturated carbocycles. The predicted octanol–water partition coefficient (Wildman–Crippen LogP) is 1.36. The summed E-state index contributed by atoms with van der Waals surface area (Å²) in [7, 11) is 2.89. The van der Waals surface area contributed by atoms with Gasteiger partial charge in [0, 0.05) is 24.9 Å². The third-order valence-corrected chi connectivity index (χ3v) is 3.69. The molecule has 0 saturated heterocycles. The van der Waals surface area contributed by atoms with Crippen LogP contribution >= 0.6 is 0 Å². The van der Waals surface area contributed by atoms with Gasteiger partial charge in [0.15, 0.2) is 6.61 Å². The van der Waals surface area contributed by atoms with Gasteiger partial charge in [-0.05, 0) is 24.3 Å². The van der Waals surface area contributed by atoms with E-state index in [0.29, 0.717) is 11.4 Å². The monoisotopic (exact) mass is 388 g/mol. The van der Waals surface area contributed by atoms with Crippen molar-refractivity contribution in [3.63, 3.8) is 0 Å². The van der Waals surface area contributed by atoms with Crippen molar-refractivity contribution in [2.24, 2.45) is 0 Å². The maximum Gasteiger partial charge on any atom is 0.342 e. The van der Waals surface area contributed by atoms with Crippen molar-refractivity contribution in [3.05, 3.63) is 48.0 Å². The number of esters is 1. The Bertz CT molecular complexity index is 882. The Labute approximate surface area is 161 Å². The van der Waals surface area contributed by atoms with Crippen LogP contribution in [0.25, 0.3) is 0 Å². The van der Waals surface area contributed by atoms with E-state index in [4.69, 9.17) is 9.47 Å². The summed E-state index contributed by atoms with van der Waals surface area (Å²) in [5.74, 6) is -2.08. The molecule has 2 aromatic carbocycles. The molecular formula is C19H20N2O7. The Balaban J connectivity index is 1.84. The highest BCUT2D eigenvalue weighted by atomic mass is 16.5. The van der Waals surface area contributed by atoms with E-state index in [1.807, 2.05) is 0 Å². The average molecular weight is 388 g/mol. The highest BCUT2D eigenvalue weighted by molar-refractivity contribution is 5.96. The first-order valence-corrected chi connectivity index (χ1v) is 8.17. The number of phenolic OH excluding ortho intramolecular Hbond substituents is 2. The minimum absolute atomic E-state index is 0.191. The molecular weight excluding hydrogens is 368 g/mol. The molecule has 0 spiro atoms. The third-order valence-electron chi connectivity index (χ3n) is 3.69. The molecule has 2 amide bonds. The van der Waals surface area contributed by atoms with Gasteiger partial charge >= 0.3 is 5.97 Å². The SMILES string of the molecule is COc1cccc(NC(=O)CN(C)C(=O)COC(=O)c2ccc(O)cc2O)c1. The minimum atomic E-state index is -0.930. The second-order valence-corrected chi connectivity index (χ2v) is 5.81. The van der Waals surface area contributed by atoms with Crippen LogP contribution in [-0.2, 0) is 14.3 Å². The molecule has 28 heavy (non-hydrogen) atoms. The first-order valence-electron chi connectivity index (χ1n) is 8.17. The van der Waals surface area contributed by atoms with E-state index in [0.717, 1.165) is 11.0 Å². The summed E-state index contributed by atoms with van der Waals surface area (Å²) in [6.07, 6.45) is 0. The summed E-state index contributed by atoms with van der Waals surface area (Å²) in [6, 6.07) is 10.1. The lowest BCUT2D eigenvalue weighted by Gasteiger charge is -2.17. The summed E-state index contributed by atoms with van der Waals surface area (Å²) < 4.78 is 9.91. The number of nitrogens with one attached hydrogen (secondary N) is 1. The normalized spacial score (nSPS) is 10.1. The van der Waals surface area contributed by atoms with Crippen LogP contribution < -0.4 is 10.1 Å². The van der Waals surface area contributed by atoms with Crippen molar-refractivity contribution in [3.8, 4) is 17.2 Å². The van der Waals surface area contributed by atoms with Gasteiger partial charge in [-0.2, -0.15) is 0 Å². The minimum Gasteiger partial charge on any atom is -0.508 e. The summed E-state index contributed by atoms with van der Waals surface area (Å²) >= 11 is 0. The number of likely N-dealkylation sites (N-methyl/N-ethyl adjacent to an activating group) is 1. The molecule has 0 unspecified atom stereocenters. The van der Waals surface area contributed by atoms with Crippen molar-refractivity contribution in [2.75, 3.05) is 32.6 Å². The lowest BCUT2D eigenvalue weighted by atomic mass is 10.2. The van der Waals surface area contributed by atoms with E-state index < -0.39 is 30.1 Å². The molecule has 0 heterocycles. The molecule has 0 aliphatic rings. The summed E-state index contributed by atoms with van der Waals surface area (Å²) in [6.45, 7) is -0.861. The fraction of sp³-hybridized carbons (Fsp3) is 0.211. The summed E-state index contributed by atoms with van der Waals surface area (Å²) in [5.41, 5.74) is 0.323. The number of hydrogen-bond donors (Lipinski definition) is 3. The molecule has 2 aromatic rings. The number of anilines is 1. The van der Waals surface area contributed by atoms with Crippen LogP contribution in [0.5, 0.6) is 17.2 Å². The Morgan fingerprint density at radius 3 is 2.54 bits per heavy atom. The number of rotatable bonds is 7. The lowest BCUT2D eigenvalue weighted by molar-refractivity contribution is -0.136. The van der Waals surface area contributed by atoms with Crippen LogP contribution in [0.3, 0.4) is 0 Å². The number of aromatic hydroxyl groups is 2. The molecule has 0 radical (unpaired) electrons. The quantitative estimate of drug-likeness (QED) is 0.612. The summed E-state index contributed by atoms with van der Waals surface area (Å²) in [5, 5.41) is 21.5. The smallest absolute Gasteiger partial charge is 0.342 e. The van der Waals surface area contributed by atoms with E-state index in [9.17, 15) is 24.6 Å². The van der Waals surface area contributed by atoms with Crippen LogP contribution in [0.1, 0.15) is 10.4 Å². The number of phenols is 2. The molecule has 2 rings (SSSR count). The molecule has 0 fully saturated rings. The highest BCUT2D eigenvalue weighted by Crippen LogP contribution is 2.23. The molecule has 148 valence electrons. The number of benzene rings is 2. The summed E-state index contributed by atoms with van der Waals surface area (Å²) in [4.78, 5) is 37.1. The van der Waals surface area contributed by atoms with Gasteiger partial charge < -0.3 is 29.9 Å². The molecule has 3 N–H and O–H groups in total. The zero-order valence-corrected chi connectivity index (χ0v) is 15.3. The third kappa shape index (κ3) is 5.63. The fourth-order valence-electron chi connectivity index (χ4n) is 2.21. The van der Waals surface area contributed by atoms with Crippen LogP contribution in [0.4, 0.5) is 5.69 Å². The van der Waals surface area contributed by atoms with Crippen LogP contribution in [0.15, 0.2) is 42.5 Å². The fourth-order valence-corrected chi connectivity index (χ4v) is 2.21. The molecule has 0 aromatic heterocycles. The number of nitrogens with zero attached hydrogens (tertiary/aromatic N) is 1. The molecule has 0 aliphatic carbocycles. The van der Waals surface area contributed by atoms with Crippen molar-refractivity contribution in [1.82, 2.24) is 4.90 Å². The molecule has 9 nitrogen and oxygen atoms in total. The molecule has 0 bridgehead atoms. The number of ether oxygens (including phenoxy) is 2. The zero-order valence-electron chi connectivity index (χ0n) is 15.3. The van der Waals surface area contributed by atoms with Crippen LogP contribution in [0.2, 0.25) is 0 Å². The second-order valence-electron chi connectivity index (χ2n) is 5.81. The van der Waals surface area contributed by atoms with E-state index in [1.54, 1.807) is 24.3 Å². The maximum atomic E-state index is 12.1. The van der Waals surface area contributed by atoms with Gasteiger partial charge in [0.1, 0.15) is 22.8 Å². The first kappa shape index (κ1) is 20.6. The molecule has 0 aliphatic heterocycles. The zero-order chi connectivity index (χ0) is 20.7. The molecule has 9 heteroatoms. The van der Waals surface area contributed by atoms with Crippen molar-refractivity contribution in [1.29, 1.82) is 0 Å². The van der Waals surface area contributed by atoms with Gasteiger partial charge in [0.2, 0.25) is 5.91 Å². The number of methoxy groups -OCH3 is 1. The standard InChI is InChI=1S/C19H20N2O7/c1-21(10-17(24)20-12-4-3-5-14(8-12)27-2)18(25)11-28-19(26)15-7-6-13(22)9-16(15)23/h3-9,22-23H,10-11H2,1-2H3,(H,20,24). The van der Waals surface area contributed by atoms with Gasteiger partial charge in [-0.15, -0.1) is 0 Å². The lowest BCUT2D eigenvalue weighted by Crippen LogP contribution is -2.37. The first-order chi connectivity index (χ1) is 13.3. The topological polar surface area (TPSA) is 125 Å². The van der Waals surface area contributed by atoms with Crippen LogP contribution in [0, 0.1) is 0 Å². The van der Waals surface area contributed by atoms with Gasteiger partial charge in [0.25, 0.3) is 5.91 Å².